The molecule has 1 aromatic carbocycles. The Morgan fingerprint density at radius 3 is 2.55 bits per heavy atom. The van der Waals surface area contributed by atoms with E-state index in [4.69, 9.17) is 9.47 Å². The molecule has 1 heterocycles. The van der Waals surface area contributed by atoms with Gasteiger partial charge in [0.25, 0.3) is 0 Å². The number of hydrogen-bond acceptors (Lipinski definition) is 5. The van der Waals surface area contributed by atoms with Gasteiger partial charge in [-0.05, 0) is 56.7 Å². The summed E-state index contributed by atoms with van der Waals surface area (Å²) >= 11 is 0. The summed E-state index contributed by atoms with van der Waals surface area (Å²) < 4.78 is 10.8. The molecule has 1 aromatic rings. The lowest BCUT2D eigenvalue weighted by Crippen LogP contribution is -2.51. The van der Waals surface area contributed by atoms with Gasteiger partial charge < -0.3 is 14.4 Å². The average Bonchev–Trinajstić information content (AvgIpc) is 3.25. The van der Waals surface area contributed by atoms with Crippen LogP contribution in [-0.2, 0) is 20.7 Å². The van der Waals surface area contributed by atoms with E-state index in [1.165, 1.54) is 20.0 Å². The van der Waals surface area contributed by atoms with E-state index in [2.05, 4.69) is 17.0 Å². The van der Waals surface area contributed by atoms with Crippen molar-refractivity contribution in [2.45, 2.75) is 64.0 Å². The van der Waals surface area contributed by atoms with Crippen LogP contribution in [0, 0.1) is 0 Å². The Bertz CT molecular complexity index is 679. The maximum atomic E-state index is 12.6. The van der Waals surface area contributed by atoms with Crippen LogP contribution in [0.1, 0.15) is 51.0 Å². The highest BCUT2D eigenvalue weighted by molar-refractivity contribution is 5.76. The van der Waals surface area contributed by atoms with Crippen molar-refractivity contribution in [3.05, 3.63) is 29.8 Å². The van der Waals surface area contributed by atoms with Gasteiger partial charge in [-0.3, -0.25) is 14.5 Å². The van der Waals surface area contributed by atoms with E-state index in [0.29, 0.717) is 18.9 Å². The molecule has 0 aromatic heterocycles. The van der Waals surface area contributed by atoms with Gasteiger partial charge >= 0.3 is 5.97 Å². The van der Waals surface area contributed by atoms with Crippen LogP contribution in [0.15, 0.2) is 24.3 Å². The largest absolute Gasteiger partial charge is 0.490 e. The van der Waals surface area contributed by atoms with Gasteiger partial charge in [-0.2, -0.15) is 0 Å². The second-order valence-electron chi connectivity index (χ2n) is 8.22. The molecule has 0 spiro atoms. The zero-order valence-corrected chi connectivity index (χ0v) is 17.8. The second kappa shape index (κ2) is 10.6. The van der Waals surface area contributed by atoms with E-state index in [9.17, 15) is 9.59 Å². The zero-order chi connectivity index (χ0) is 20.6. The molecule has 6 nitrogen and oxygen atoms in total. The highest BCUT2D eigenvalue weighted by Gasteiger charge is 2.25. The molecule has 0 radical (unpaired) electrons. The van der Waals surface area contributed by atoms with E-state index < -0.39 is 0 Å². The molecule has 160 valence electrons. The number of ether oxygens (including phenoxy) is 2. The smallest absolute Gasteiger partial charge is 0.307 e. The van der Waals surface area contributed by atoms with Gasteiger partial charge in [-0.15, -0.1) is 0 Å². The van der Waals surface area contributed by atoms with Crippen molar-refractivity contribution in [2.75, 3.05) is 33.3 Å². The summed E-state index contributed by atoms with van der Waals surface area (Å²) in [7, 11) is 1.42. The molecule has 1 saturated heterocycles. The van der Waals surface area contributed by atoms with Gasteiger partial charge in [0, 0.05) is 38.6 Å². The highest BCUT2D eigenvalue weighted by Crippen LogP contribution is 2.25. The quantitative estimate of drug-likeness (QED) is 0.626. The van der Waals surface area contributed by atoms with E-state index in [-0.39, 0.29) is 17.9 Å². The van der Waals surface area contributed by atoms with Crippen molar-refractivity contribution in [1.82, 2.24) is 9.80 Å². The van der Waals surface area contributed by atoms with Gasteiger partial charge in [-0.1, -0.05) is 12.1 Å². The van der Waals surface area contributed by atoms with Crippen molar-refractivity contribution in [1.29, 1.82) is 0 Å². The third-order valence-corrected chi connectivity index (χ3v) is 6.11. The Hall–Kier alpha value is -2.08. The minimum absolute atomic E-state index is 0.141. The fourth-order valence-electron chi connectivity index (χ4n) is 4.25. The predicted octanol–water partition coefficient (Wildman–Crippen LogP) is 3.04. The summed E-state index contributed by atoms with van der Waals surface area (Å²) in [6.45, 7) is 5.07. The van der Waals surface area contributed by atoms with Crippen LogP contribution in [0.3, 0.4) is 0 Å². The molecule has 1 aliphatic heterocycles. The SMILES string of the molecule is COC(=O)C[C@H](C)N1CCN(C(=O)CCc2cccc(OC3CCCC3)c2)CC1. The second-order valence-corrected chi connectivity index (χ2v) is 8.22. The van der Waals surface area contributed by atoms with Crippen LogP contribution in [0.2, 0.25) is 0 Å². The molecule has 2 fully saturated rings. The Labute approximate surface area is 174 Å². The van der Waals surface area contributed by atoms with Crippen molar-refractivity contribution in [2.24, 2.45) is 0 Å². The molecule has 0 N–H and O–H groups in total. The average molecular weight is 403 g/mol. The number of carbonyl (C=O) groups is 2. The first-order valence-corrected chi connectivity index (χ1v) is 10.9. The number of nitrogens with zero attached hydrogens (tertiary/aromatic N) is 2. The summed E-state index contributed by atoms with van der Waals surface area (Å²) in [5.41, 5.74) is 1.15. The molecule has 1 amide bonds. The van der Waals surface area contributed by atoms with Crippen LogP contribution in [0.4, 0.5) is 0 Å². The van der Waals surface area contributed by atoms with E-state index in [0.717, 1.165) is 56.8 Å². The van der Waals surface area contributed by atoms with Crippen molar-refractivity contribution in [3.8, 4) is 5.75 Å². The number of aryl methyl sites for hydroxylation is 1. The van der Waals surface area contributed by atoms with Gasteiger partial charge in [0.05, 0.1) is 19.6 Å². The molecule has 1 atom stereocenters. The highest BCUT2D eigenvalue weighted by atomic mass is 16.5. The number of esters is 1. The van der Waals surface area contributed by atoms with Gasteiger partial charge in [0.15, 0.2) is 0 Å². The molecule has 3 rings (SSSR count). The standard InChI is InChI=1S/C23H34N2O4/c1-18(16-23(27)28-2)24-12-14-25(15-13-24)22(26)11-10-19-6-5-9-21(17-19)29-20-7-3-4-8-20/h5-6,9,17-18,20H,3-4,7-8,10-16H2,1-2H3/t18-/m0/s1. The Balaban J connectivity index is 1.41. The maximum Gasteiger partial charge on any atom is 0.307 e. The molecule has 29 heavy (non-hydrogen) atoms. The van der Waals surface area contributed by atoms with E-state index in [1.807, 2.05) is 24.0 Å². The van der Waals surface area contributed by atoms with Crippen molar-refractivity contribution < 1.29 is 19.1 Å². The summed E-state index contributed by atoms with van der Waals surface area (Å²) in [5.74, 6) is 0.942. The van der Waals surface area contributed by atoms with Crippen LogP contribution in [-0.4, -0.2) is 67.1 Å². The van der Waals surface area contributed by atoms with Gasteiger partial charge in [-0.25, -0.2) is 0 Å². The van der Waals surface area contributed by atoms with Crippen LogP contribution in [0.25, 0.3) is 0 Å². The van der Waals surface area contributed by atoms with E-state index >= 15 is 0 Å². The molecule has 0 bridgehead atoms. The van der Waals surface area contributed by atoms with Crippen LogP contribution in [0.5, 0.6) is 5.75 Å². The Morgan fingerprint density at radius 1 is 1.14 bits per heavy atom. The van der Waals surface area contributed by atoms with Crippen LogP contribution >= 0.6 is 0 Å². The minimum atomic E-state index is -0.185. The topological polar surface area (TPSA) is 59.1 Å². The van der Waals surface area contributed by atoms with Crippen molar-refractivity contribution >= 4 is 11.9 Å². The number of benzene rings is 1. The lowest BCUT2D eigenvalue weighted by molar-refractivity contribution is -0.142. The lowest BCUT2D eigenvalue weighted by atomic mass is 10.1. The van der Waals surface area contributed by atoms with Crippen LogP contribution < -0.4 is 4.74 Å². The number of amides is 1. The molecule has 6 heteroatoms. The molecule has 0 unspecified atom stereocenters. The number of hydrogen-bond donors (Lipinski definition) is 0. The normalized spacial score (nSPS) is 19.2. The summed E-state index contributed by atoms with van der Waals surface area (Å²) in [5, 5.41) is 0. The first-order chi connectivity index (χ1) is 14.0. The summed E-state index contributed by atoms with van der Waals surface area (Å²) in [6.07, 6.45) is 6.81. The first-order valence-electron chi connectivity index (χ1n) is 10.9. The lowest BCUT2D eigenvalue weighted by Gasteiger charge is -2.37. The van der Waals surface area contributed by atoms with Gasteiger partial charge in [0.1, 0.15) is 5.75 Å². The molecular weight excluding hydrogens is 368 g/mol. The molecular formula is C23H34N2O4. The fourth-order valence-corrected chi connectivity index (χ4v) is 4.25. The van der Waals surface area contributed by atoms with Crippen molar-refractivity contribution in [3.63, 3.8) is 0 Å². The maximum absolute atomic E-state index is 12.6. The predicted molar refractivity (Wildman–Crippen MR) is 112 cm³/mol. The Kier molecular flexibility index (Phi) is 7.92. The third kappa shape index (κ3) is 6.46. The summed E-state index contributed by atoms with van der Waals surface area (Å²) in [4.78, 5) is 28.3. The fraction of sp³-hybridized carbons (Fsp3) is 0.652. The number of rotatable bonds is 8. The van der Waals surface area contributed by atoms with Gasteiger partial charge in [0.2, 0.25) is 5.91 Å². The number of piperazine rings is 1. The minimum Gasteiger partial charge on any atom is -0.490 e. The zero-order valence-electron chi connectivity index (χ0n) is 17.8. The Morgan fingerprint density at radius 2 is 1.86 bits per heavy atom. The molecule has 1 saturated carbocycles. The number of methoxy groups -OCH3 is 1. The molecule has 2 aliphatic rings. The summed E-state index contributed by atoms with van der Waals surface area (Å²) in [6, 6.07) is 8.32. The monoisotopic (exact) mass is 402 g/mol. The first kappa shape index (κ1) is 21.6. The molecule has 1 aliphatic carbocycles. The van der Waals surface area contributed by atoms with E-state index in [1.54, 1.807) is 0 Å². The third-order valence-electron chi connectivity index (χ3n) is 6.11. The number of carbonyl (C=O) groups excluding carboxylic acids is 2.